The van der Waals surface area contributed by atoms with Gasteiger partial charge in [0.15, 0.2) is 11.5 Å². The van der Waals surface area contributed by atoms with Gasteiger partial charge >= 0.3 is 0 Å². The predicted molar refractivity (Wildman–Crippen MR) is 99.3 cm³/mol. The van der Waals surface area contributed by atoms with E-state index in [1.807, 2.05) is 6.07 Å². The van der Waals surface area contributed by atoms with Crippen molar-refractivity contribution in [3.8, 4) is 23.0 Å². The van der Waals surface area contributed by atoms with E-state index in [0.717, 1.165) is 42.3 Å². The van der Waals surface area contributed by atoms with Crippen LogP contribution in [0.1, 0.15) is 16.9 Å². The van der Waals surface area contributed by atoms with Crippen LogP contribution in [0.3, 0.4) is 0 Å². The highest BCUT2D eigenvalue weighted by atomic mass is 18.2. The fourth-order valence-corrected chi connectivity index (χ4v) is 3.40. The zero-order chi connectivity index (χ0) is 18.8. The summed E-state index contributed by atoms with van der Waals surface area (Å²) in [6, 6.07) is 10.3. The molecule has 2 aromatic carbocycles. The summed E-state index contributed by atoms with van der Waals surface area (Å²) in [4.78, 5) is 6.63. The van der Waals surface area contributed by atoms with Crippen molar-refractivity contribution in [2.75, 3.05) is 20.8 Å². The van der Waals surface area contributed by atoms with Crippen LogP contribution in [0, 0.1) is 5.82 Å². The molecule has 0 unspecified atom stereocenters. The van der Waals surface area contributed by atoms with Gasteiger partial charge in [-0.3, -0.25) is 4.90 Å². The molecule has 6 heteroatoms. The monoisotopic (exact) mass is 367 g/mol. The van der Waals surface area contributed by atoms with Crippen LogP contribution >= 0.6 is 0 Å². The average molecular weight is 367 g/mol. The van der Waals surface area contributed by atoms with Gasteiger partial charge in [0, 0.05) is 18.7 Å². The number of ether oxygens (including phenoxy) is 2. The van der Waals surface area contributed by atoms with Crippen LogP contribution in [-0.2, 0) is 19.5 Å². The van der Waals surface area contributed by atoms with E-state index >= 15 is 0 Å². The molecule has 1 aliphatic heterocycles. The van der Waals surface area contributed by atoms with E-state index in [-0.39, 0.29) is 5.82 Å². The van der Waals surface area contributed by atoms with E-state index < -0.39 is 0 Å². The zero-order valence-electron chi connectivity index (χ0n) is 15.4. The standard InChI is InChI=1S/C21H21FN2O3/c1-25-19-9-15-7-8-24(12-16(15)10-20(19)26-2)13-18-11-23-21(27-18)14-3-5-17(22)6-4-14/h3-6,9-11H,7-8,12-13H2,1-2H3/i22-1. The van der Waals surface area contributed by atoms with Crippen molar-refractivity contribution in [1.82, 2.24) is 9.88 Å². The molecule has 0 bridgehead atoms. The van der Waals surface area contributed by atoms with Gasteiger partial charge in [0.2, 0.25) is 5.89 Å². The van der Waals surface area contributed by atoms with E-state index in [2.05, 4.69) is 16.0 Å². The largest absolute Gasteiger partial charge is 0.493 e. The highest BCUT2D eigenvalue weighted by Crippen LogP contribution is 2.33. The Balaban J connectivity index is 1.48. The van der Waals surface area contributed by atoms with Crippen LogP contribution in [0.5, 0.6) is 11.5 Å². The normalized spacial score (nSPS) is 14.0. The summed E-state index contributed by atoms with van der Waals surface area (Å²) in [6.07, 6.45) is 2.68. The molecule has 0 saturated carbocycles. The van der Waals surface area contributed by atoms with Crippen LogP contribution < -0.4 is 9.47 Å². The maximum Gasteiger partial charge on any atom is 0.226 e. The number of hydrogen-bond donors (Lipinski definition) is 0. The Morgan fingerprint density at radius 2 is 1.78 bits per heavy atom. The Bertz CT molecular complexity index is 937. The van der Waals surface area contributed by atoms with E-state index in [4.69, 9.17) is 13.9 Å². The van der Waals surface area contributed by atoms with Gasteiger partial charge < -0.3 is 13.9 Å². The number of fused-ring (bicyclic) bond motifs is 1. The van der Waals surface area contributed by atoms with Crippen molar-refractivity contribution in [3.05, 3.63) is 65.3 Å². The molecular weight excluding hydrogens is 346 g/mol. The van der Waals surface area contributed by atoms with Gasteiger partial charge in [-0.25, -0.2) is 9.37 Å². The van der Waals surface area contributed by atoms with E-state index in [9.17, 15) is 4.39 Å². The van der Waals surface area contributed by atoms with Gasteiger partial charge in [0.1, 0.15) is 11.6 Å². The lowest BCUT2D eigenvalue weighted by Gasteiger charge is -2.28. The smallest absolute Gasteiger partial charge is 0.226 e. The topological polar surface area (TPSA) is 47.7 Å². The Hall–Kier alpha value is -2.86. The van der Waals surface area contributed by atoms with Crippen LogP contribution in [0.25, 0.3) is 11.5 Å². The first-order chi connectivity index (χ1) is 13.2. The molecule has 0 spiro atoms. The molecule has 0 aliphatic carbocycles. The van der Waals surface area contributed by atoms with Crippen LogP contribution in [0.15, 0.2) is 47.0 Å². The number of hydrogen-bond acceptors (Lipinski definition) is 5. The number of methoxy groups -OCH3 is 2. The Morgan fingerprint density at radius 3 is 2.48 bits per heavy atom. The van der Waals surface area contributed by atoms with Crippen molar-refractivity contribution in [2.24, 2.45) is 0 Å². The van der Waals surface area contributed by atoms with Crippen molar-refractivity contribution in [2.45, 2.75) is 19.5 Å². The Morgan fingerprint density at radius 1 is 1.07 bits per heavy atom. The molecule has 0 radical (unpaired) electrons. The zero-order valence-corrected chi connectivity index (χ0v) is 15.4. The van der Waals surface area contributed by atoms with Crippen molar-refractivity contribution in [1.29, 1.82) is 0 Å². The van der Waals surface area contributed by atoms with E-state index in [0.29, 0.717) is 12.4 Å². The molecule has 5 nitrogen and oxygen atoms in total. The summed E-state index contributed by atoms with van der Waals surface area (Å²) >= 11 is 0. The molecule has 1 aliphatic rings. The molecule has 27 heavy (non-hydrogen) atoms. The third-order valence-corrected chi connectivity index (χ3v) is 4.82. The molecule has 0 fully saturated rings. The summed E-state index contributed by atoms with van der Waals surface area (Å²) in [5, 5.41) is 0. The number of halogens is 1. The highest BCUT2D eigenvalue weighted by molar-refractivity contribution is 5.52. The van der Waals surface area contributed by atoms with Crippen LogP contribution in [0.4, 0.5) is 4.39 Å². The van der Waals surface area contributed by atoms with Crippen molar-refractivity contribution >= 4 is 0 Å². The molecule has 1 aromatic heterocycles. The number of aromatic nitrogens is 1. The van der Waals surface area contributed by atoms with Gasteiger partial charge in [0.05, 0.1) is 27.0 Å². The maximum absolute atomic E-state index is 13.1. The van der Waals surface area contributed by atoms with Gasteiger partial charge in [-0.15, -0.1) is 0 Å². The van der Waals surface area contributed by atoms with Crippen LogP contribution in [-0.4, -0.2) is 30.6 Å². The molecule has 140 valence electrons. The first-order valence-electron chi connectivity index (χ1n) is 8.83. The second-order valence-electron chi connectivity index (χ2n) is 6.58. The maximum atomic E-state index is 13.1. The SMILES string of the molecule is COc1cc2c(cc1OC)CN(Cc1cnc(-c3ccc([18F])cc3)o1)CC2. The third kappa shape index (κ3) is 3.66. The molecule has 4 rings (SSSR count). The molecule has 2 heterocycles. The van der Waals surface area contributed by atoms with Gasteiger partial charge in [-0.05, 0) is 53.9 Å². The summed E-state index contributed by atoms with van der Waals surface area (Å²) in [6.45, 7) is 2.40. The highest BCUT2D eigenvalue weighted by Gasteiger charge is 2.20. The molecular formula is C21H21FN2O3. The van der Waals surface area contributed by atoms with Crippen LogP contribution in [0.2, 0.25) is 0 Å². The fraction of sp³-hybridized carbons (Fsp3) is 0.286. The number of rotatable bonds is 5. The lowest BCUT2D eigenvalue weighted by Crippen LogP contribution is -2.30. The summed E-state index contributed by atoms with van der Waals surface area (Å²) in [5.41, 5.74) is 3.29. The Labute approximate surface area is 157 Å². The van der Waals surface area contributed by atoms with E-state index in [1.54, 1.807) is 32.5 Å². The summed E-state index contributed by atoms with van der Waals surface area (Å²) in [5.74, 6) is 2.54. The first kappa shape index (κ1) is 17.5. The number of benzene rings is 2. The third-order valence-electron chi connectivity index (χ3n) is 4.82. The quantitative estimate of drug-likeness (QED) is 0.681. The minimum atomic E-state index is -0.274. The summed E-state index contributed by atoms with van der Waals surface area (Å²) in [7, 11) is 3.30. The fourth-order valence-electron chi connectivity index (χ4n) is 3.40. The second kappa shape index (κ2) is 7.40. The average Bonchev–Trinajstić information content (AvgIpc) is 3.15. The predicted octanol–water partition coefficient (Wildman–Crippen LogP) is 4.06. The number of nitrogens with zero attached hydrogens (tertiary/aromatic N) is 2. The molecule has 0 saturated heterocycles. The van der Waals surface area contributed by atoms with E-state index in [1.165, 1.54) is 23.3 Å². The second-order valence-corrected chi connectivity index (χ2v) is 6.58. The van der Waals surface area contributed by atoms with Gasteiger partial charge in [-0.1, -0.05) is 0 Å². The Kier molecular flexibility index (Phi) is 4.81. The molecule has 0 N–H and O–H groups in total. The number of oxazole rings is 1. The molecule has 0 amide bonds. The minimum Gasteiger partial charge on any atom is -0.493 e. The molecule has 0 atom stereocenters. The first-order valence-corrected chi connectivity index (χ1v) is 8.83. The van der Waals surface area contributed by atoms with Gasteiger partial charge in [0.25, 0.3) is 0 Å². The summed E-state index contributed by atoms with van der Waals surface area (Å²) < 4.78 is 29.7. The molecule has 3 aromatic rings. The lowest BCUT2D eigenvalue weighted by molar-refractivity contribution is 0.225. The minimum absolute atomic E-state index is 0.274. The van der Waals surface area contributed by atoms with Crippen molar-refractivity contribution < 1.29 is 18.3 Å². The van der Waals surface area contributed by atoms with Gasteiger partial charge in [-0.2, -0.15) is 0 Å². The van der Waals surface area contributed by atoms with Crippen molar-refractivity contribution in [3.63, 3.8) is 0 Å². The lowest BCUT2D eigenvalue weighted by atomic mass is 9.99.